The van der Waals surface area contributed by atoms with Crippen molar-refractivity contribution in [2.75, 3.05) is 18.2 Å². The lowest BCUT2D eigenvalue weighted by Gasteiger charge is -2.16. The first kappa shape index (κ1) is 21.0. The molecule has 29 heavy (non-hydrogen) atoms. The van der Waals surface area contributed by atoms with Crippen LogP contribution in [0.25, 0.3) is 0 Å². The number of nitro groups is 1. The Labute approximate surface area is 173 Å². The Bertz CT molecular complexity index is 868. The van der Waals surface area contributed by atoms with Gasteiger partial charge in [-0.05, 0) is 49.4 Å². The van der Waals surface area contributed by atoms with Crippen LogP contribution in [-0.4, -0.2) is 29.8 Å². The number of nitro benzene ring substituents is 1. The number of methoxy groups -OCH3 is 1. The van der Waals surface area contributed by atoms with E-state index < -0.39 is 4.92 Å². The Balaban J connectivity index is 1.53. The van der Waals surface area contributed by atoms with Gasteiger partial charge in [0, 0.05) is 11.8 Å². The molecule has 2 aromatic rings. The summed E-state index contributed by atoms with van der Waals surface area (Å²) in [4.78, 5) is 23.0. The van der Waals surface area contributed by atoms with Crippen molar-refractivity contribution in [3.05, 3.63) is 58.1 Å². The van der Waals surface area contributed by atoms with E-state index in [2.05, 4.69) is 5.32 Å². The topological polar surface area (TPSA) is 90.7 Å². The maximum Gasteiger partial charge on any atom is 0.311 e. The van der Waals surface area contributed by atoms with E-state index in [1.165, 1.54) is 37.8 Å². The number of nitrogens with zero attached hydrogens (tertiary/aromatic N) is 1. The van der Waals surface area contributed by atoms with Gasteiger partial charge in [0.2, 0.25) is 5.91 Å². The summed E-state index contributed by atoms with van der Waals surface area (Å²) >= 11 is 1.39. The van der Waals surface area contributed by atoms with Crippen LogP contribution in [0.3, 0.4) is 0 Å². The van der Waals surface area contributed by atoms with Crippen LogP contribution in [0.15, 0.2) is 42.5 Å². The van der Waals surface area contributed by atoms with Gasteiger partial charge < -0.3 is 14.8 Å². The third-order valence-electron chi connectivity index (χ3n) is 4.70. The molecule has 8 heteroatoms. The molecule has 0 atom stereocenters. The number of carbonyl (C=O) groups excluding carboxylic acids is 1. The van der Waals surface area contributed by atoms with Crippen molar-refractivity contribution in [3.8, 4) is 11.5 Å². The third kappa shape index (κ3) is 5.87. The van der Waals surface area contributed by atoms with Gasteiger partial charge in [0.15, 0.2) is 5.75 Å². The van der Waals surface area contributed by atoms with E-state index in [0.29, 0.717) is 17.2 Å². The lowest BCUT2D eigenvalue weighted by molar-refractivity contribution is -0.385. The van der Waals surface area contributed by atoms with Crippen LogP contribution >= 0.6 is 11.8 Å². The largest absolute Gasteiger partial charge is 0.490 e. The second kappa shape index (κ2) is 10.2. The number of ether oxygens (including phenoxy) is 2. The number of amides is 1. The fraction of sp³-hybridized carbons (Fsp3) is 0.381. The average molecular weight is 416 g/mol. The van der Waals surface area contributed by atoms with E-state index in [4.69, 9.17) is 9.47 Å². The molecule has 1 amide bonds. The van der Waals surface area contributed by atoms with E-state index in [1.807, 2.05) is 24.3 Å². The fourth-order valence-electron chi connectivity index (χ4n) is 3.27. The van der Waals surface area contributed by atoms with E-state index in [1.54, 1.807) is 12.1 Å². The number of para-hydroxylation sites is 2. The van der Waals surface area contributed by atoms with Crippen LogP contribution < -0.4 is 14.8 Å². The van der Waals surface area contributed by atoms with Gasteiger partial charge in [-0.15, -0.1) is 11.8 Å². The van der Waals surface area contributed by atoms with Crippen molar-refractivity contribution in [3.63, 3.8) is 0 Å². The van der Waals surface area contributed by atoms with Crippen LogP contribution in [0.5, 0.6) is 11.5 Å². The standard InChI is InChI=1S/C21H24N2O5S/c1-27-20-11-10-15(12-18(20)23(25)26)13-29-14-21(24)22-17-8-4-5-9-19(17)28-16-6-2-3-7-16/h4-5,8-12,16H,2-3,6-7,13-14H2,1H3,(H,22,24). The first-order valence-corrected chi connectivity index (χ1v) is 10.7. The van der Waals surface area contributed by atoms with Gasteiger partial charge in [0.05, 0.1) is 29.6 Å². The molecular formula is C21H24N2O5S. The molecule has 0 aliphatic heterocycles. The molecule has 1 fully saturated rings. The molecule has 0 unspecified atom stereocenters. The molecule has 154 valence electrons. The molecule has 0 aromatic heterocycles. The maximum atomic E-state index is 12.4. The molecular weight excluding hydrogens is 392 g/mol. The van der Waals surface area contributed by atoms with Crippen LogP contribution in [0, 0.1) is 10.1 Å². The Morgan fingerprint density at radius 1 is 1.21 bits per heavy atom. The molecule has 2 aromatic carbocycles. The quantitative estimate of drug-likeness (QED) is 0.467. The van der Waals surface area contributed by atoms with Gasteiger partial charge in [-0.1, -0.05) is 18.2 Å². The highest BCUT2D eigenvalue weighted by atomic mass is 32.2. The van der Waals surface area contributed by atoms with Crippen molar-refractivity contribution in [2.24, 2.45) is 0 Å². The van der Waals surface area contributed by atoms with Crippen molar-refractivity contribution in [1.82, 2.24) is 0 Å². The summed E-state index contributed by atoms with van der Waals surface area (Å²) in [5.41, 5.74) is 1.36. The minimum Gasteiger partial charge on any atom is -0.490 e. The SMILES string of the molecule is COc1ccc(CSCC(=O)Nc2ccccc2OC2CCCC2)cc1[N+](=O)[O-]. The molecule has 0 spiro atoms. The van der Waals surface area contributed by atoms with Crippen molar-refractivity contribution in [2.45, 2.75) is 37.5 Å². The van der Waals surface area contributed by atoms with Gasteiger partial charge >= 0.3 is 5.69 Å². The third-order valence-corrected chi connectivity index (χ3v) is 5.70. The van der Waals surface area contributed by atoms with Crippen LogP contribution in [0.4, 0.5) is 11.4 Å². The summed E-state index contributed by atoms with van der Waals surface area (Å²) in [6.45, 7) is 0. The van der Waals surface area contributed by atoms with Gasteiger partial charge in [-0.3, -0.25) is 14.9 Å². The molecule has 1 saturated carbocycles. The smallest absolute Gasteiger partial charge is 0.311 e. The zero-order chi connectivity index (χ0) is 20.6. The van der Waals surface area contributed by atoms with Gasteiger partial charge in [-0.25, -0.2) is 0 Å². The minimum absolute atomic E-state index is 0.0759. The Hall–Kier alpha value is -2.74. The Kier molecular flexibility index (Phi) is 7.35. The number of benzene rings is 2. The molecule has 0 saturated heterocycles. The van der Waals surface area contributed by atoms with Gasteiger partial charge in [0.1, 0.15) is 5.75 Å². The second-order valence-electron chi connectivity index (χ2n) is 6.82. The van der Waals surface area contributed by atoms with Crippen LogP contribution in [0.2, 0.25) is 0 Å². The number of thioether (sulfide) groups is 1. The molecule has 0 bridgehead atoms. The molecule has 7 nitrogen and oxygen atoms in total. The van der Waals surface area contributed by atoms with Crippen molar-refractivity contribution < 1.29 is 19.2 Å². The predicted octanol–water partition coefficient (Wildman–Crippen LogP) is 4.80. The maximum absolute atomic E-state index is 12.4. The zero-order valence-electron chi connectivity index (χ0n) is 16.3. The zero-order valence-corrected chi connectivity index (χ0v) is 17.1. The normalized spacial score (nSPS) is 13.8. The summed E-state index contributed by atoms with van der Waals surface area (Å²) in [6, 6.07) is 12.3. The molecule has 1 N–H and O–H groups in total. The number of nitrogens with one attached hydrogen (secondary N) is 1. The monoisotopic (exact) mass is 416 g/mol. The summed E-state index contributed by atoms with van der Waals surface area (Å²) in [5.74, 6) is 1.50. The van der Waals surface area contributed by atoms with Crippen molar-refractivity contribution >= 4 is 29.0 Å². The van der Waals surface area contributed by atoms with Gasteiger partial charge in [-0.2, -0.15) is 0 Å². The number of anilines is 1. The predicted molar refractivity (Wildman–Crippen MR) is 114 cm³/mol. The summed E-state index contributed by atoms with van der Waals surface area (Å²) in [6.07, 6.45) is 4.67. The Morgan fingerprint density at radius 3 is 2.69 bits per heavy atom. The lowest BCUT2D eigenvalue weighted by Crippen LogP contribution is -2.17. The fourth-order valence-corrected chi connectivity index (χ4v) is 4.05. The molecule has 0 radical (unpaired) electrons. The highest BCUT2D eigenvalue weighted by Gasteiger charge is 2.19. The van der Waals surface area contributed by atoms with E-state index >= 15 is 0 Å². The summed E-state index contributed by atoms with van der Waals surface area (Å²) in [5, 5.41) is 14.0. The lowest BCUT2D eigenvalue weighted by atomic mass is 10.2. The molecule has 0 heterocycles. The highest BCUT2D eigenvalue weighted by molar-refractivity contribution is 7.99. The summed E-state index contributed by atoms with van der Waals surface area (Å²) in [7, 11) is 1.40. The Morgan fingerprint density at radius 2 is 1.97 bits per heavy atom. The average Bonchev–Trinajstić information content (AvgIpc) is 3.22. The van der Waals surface area contributed by atoms with Gasteiger partial charge in [0.25, 0.3) is 0 Å². The minimum atomic E-state index is -0.471. The van der Waals surface area contributed by atoms with E-state index in [9.17, 15) is 14.9 Å². The summed E-state index contributed by atoms with van der Waals surface area (Å²) < 4.78 is 11.0. The van der Waals surface area contributed by atoms with E-state index in [-0.39, 0.29) is 29.2 Å². The highest BCUT2D eigenvalue weighted by Crippen LogP contribution is 2.31. The number of hydrogen-bond donors (Lipinski definition) is 1. The van der Waals surface area contributed by atoms with Crippen molar-refractivity contribution in [1.29, 1.82) is 0 Å². The number of rotatable bonds is 9. The number of hydrogen-bond acceptors (Lipinski definition) is 6. The number of carbonyl (C=O) groups is 1. The van der Waals surface area contributed by atoms with E-state index in [0.717, 1.165) is 18.4 Å². The van der Waals surface area contributed by atoms with Crippen LogP contribution in [0.1, 0.15) is 31.2 Å². The molecule has 3 rings (SSSR count). The molecule has 1 aliphatic rings. The van der Waals surface area contributed by atoms with Crippen LogP contribution in [-0.2, 0) is 10.5 Å². The second-order valence-corrected chi connectivity index (χ2v) is 7.81. The molecule has 1 aliphatic carbocycles. The first-order chi connectivity index (χ1) is 14.1. The first-order valence-electron chi connectivity index (χ1n) is 9.51.